The molecule has 108 valence electrons. The summed E-state index contributed by atoms with van der Waals surface area (Å²) in [7, 11) is 0. The van der Waals surface area contributed by atoms with Crippen LogP contribution in [0.3, 0.4) is 0 Å². The van der Waals surface area contributed by atoms with Gasteiger partial charge in [0.2, 0.25) is 0 Å². The average Bonchev–Trinajstić information content (AvgIpc) is 2.49. The van der Waals surface area contributed by atoms with Crippen LogP contribution in [0.1, 0.15) is 36.0 Å². The quantitative estimate of drug-likeness (QED) is 0.849. The van der Waals surface area contributed by atoms with E-state index in [2.05, 4.69) is 20.9 Å². The molecule has 1 saturated carbocycles. The number of ether oxygens (including phenoxy) is 1. The van der Waals surface area contributed by atoms with Crippen molar-refractivity contribution in [2.24, 2.45) is 0 Å². The zero-order valence-corrected chi connectivity index (χ0v) is 12.7. The van der Waals surface area contributed by atoms with Gasteiger partial charge in [0.25, 0.3) is 11.5 Å². The molecule has 2 unspecified atom stereocenters. The number of H-pyrrole nitrogens is 1. The minimum absolute atomic E-state index is 0.0258. The van der Waals surface area contributed by atoms with Crippen LogP contribution in [0.25, 0.3) is 0 Å². The first kappa shape index (κ1) is 13.8. The van der Waals surface area contributed by atoms with Crippen LogP contribution in [0.5, 0.6) is 0 Å². The standard InChI is InChI=1S/C14H17BrN2O3/c15-10-7-9(8-16-13(10)18)14(19)17-5-6-20-12-4-2-1-3-11(12)17/h7-8,11-12H,1-6H2,(H,16,18). The monoisotopic (exact) mass is 340 g/mol. The number of fused-ring (bicyclic) bond motifs is 1. The van der Waals surface area contributed by atoms with E-state index in [1.807, 2.05) is 4.90 Å². The Hall–Kier alpha value is -1.14. The number of rotatable bonds is 1. The summed E-state index contributed by atoms with van der Waals surface area (Å²) < 4.78 is 6.17. The van der Waals surface area contributed by atoms with Crippen LogP contribution in [-0.2, 0) is 4.74 Å². The lowest BCUT2D eigenvalue weighted by Gasteiger charge is -2.43. The first-order valence-corrected chi connectivity index (χ1v) is 7.77. The van der Waals surface area contributed by atoms with Gasteiger partial charge in [-0.05, 0) is 34.8 Å². The van der Waals surface area contributed by atoms with E-state index in [9.17, 15) is 9.59 Å². The molecule has 2 heterocycles. The third-order valence-corrected chi connectivity index (χ3v) is 4.69. The van der Waals surface area contributed by atoms with Crippen LogP contribution in [-0.4, -0.2) is 41.1 Å². The molecule has 20 heavy (non-hydrogen) atoms. The number of aromatic nitrogens is 1. The molecule has 1 saturated heterocycles. The molecule has 6 heteroatoms. The summed E-state index contributed by atoms with van der Waals surface area (Å²) in [5.41, 5.74) is 0.293. The maximum atomic E-state index is 12.6. The molecule has 1 aliphatic heterocycles. The molecule has 2 atom stereocenters. The van der Waals surface area contributed by atoms with Crippen molar-refractivity contribution >= 4 is 21.8 Å². The highest BCUT2D eigenvalue weighted by atomic mass is 79.9. The van der Waals surface area contributed by atoms with Gasteiger partial charge in [0.05, 0.1) is 28.8 Å². The Morgan fingerprint density at radius 1 is 1.40 bits per heavy atom. The summed E-state index contributed by atoms with van der Waals surface area (Å²) >= 11 is 3.17. The lowest BCUT2D eigenvalue weighted by Crippen LogP contribution is -2.54. The fourth-order valence-corrected chi connectivity index (χ4v) is 3.45. The first-order valence-electron chi connectivity index (χ1n) is 6.97. The van der Waals surface area contributed by atoms with Crippen molar-refractivity contribution in [3.05, 3.63) is 32.7 Å². The smallest absolute Gasteiger partial charge is 0.262 e. The highest BCUT2D eigenvalue weighted by molar-refractivity contribution is 9.10. The molecule has 0 aromatic carbocycles. The Balaban J connectivity index is 1.84. The molecule has 0 spiro atoms. The van der Waals surface area contributed by atoms with Crippen LogP contribution in [0, 0.1) is 0 Å². The molecule has 3 rings (SSSR count). The van der Waals surface area contributed by atoms with E-state index in [-0.39, 0.29) is 23.6 Å². The largest absolute Gasteiger partial charge is 0.374 e. The average molecular weight is 341 g/mol. The van der Waals surface area contributed by atoms with Crippen LogP contribution < -0.4 is 5.56 Å². The van der Waals surface area contributed by atoms with Gasteiger partial charge in [0.15, 0.2) is 0 Å². The third kappa shape index (κ3) is 2.54. The number of morpholine rings is 1. The summed E-state index contributed by atoms with van der Waals surface area (Å²) in [6.07, 6.45) is 6.01. The van der Waals surface area contributed by atoms with Gasteiger partial charge in [-0.15, -0.1) is 0 Å². The number of carbonyl (C=O) groups excluding carboxylic acids is 1. The summed E-state index contributed by atoms with van der Waals surface area (Å²) in [4.78, 5) is 28.5. The molecular formula is C14H17BrN2O3. The highest BCUT2D eigenvalue weighted by Gasteiger charge is 2.37. The molecule has 1 aliphatic carbocycles. The Morgan fingerprint density at radius 2 is 2.20 bits per heavy atom. The van der Waals surface area contributed by atoms with E-state index in [1.165, 1.54) is 12.6 Å². The number of hydrogen-bond acceptors (Lipinski definition) is 3. The van der Waals surface area contributed by atoms with Gasteiger partial charge >= 0.3 is 0 Å². The zero-order chi connectivity index (χ0) is 14.1. The molecule has 1 aromatic heterocycles. The van der Waals surface area contributed by atoms with E-state index in [0.29, 0.717) is 23.2 Å². The van der Waals surface area contributed by atoms with Crippen molar-refractivity contribution in [3.8, 4) is 0 Å². The van der Waals surface area contributed by atoms with Crippen molar-refractivity contribution in [2.75, 3.05) is 13.2 Å². The molecule has 1 aromatic rings. The molecule has 0 radical (unpaired) electrons. The Kier molecular flexibility index (Phi) is 3.94. The number of pyridine rings is 1. The molecule has 0 bridgehead atoms. The maximum absolute atomic E-state index is 12.6. The van der Waals surface area contributed by atoms with Crippen LogP contribution in [0.15, 0.2) is 21.5 Å². The second-order valence-electron chi connectivity index (χ2n) is 5.33. The minimum atomic E-state index is -0.223. The fraction of sp³-hybridized carbons (Fsp3) is 0.571. The van der Waals surface area contributed by atoms with E-state index < -0.39 is 0 Å². The second-order valence-corrected chi connectivity index (χ2v) is 6.18. The maximum Gasteiger partial charge on any atom is 0.262 e. The summed E-state index contributed by atoms with van der Waals surface area (Å²) in [6, 6.07) is 1.77. The van der Waals surface area contributed by atoms with Gasteiger partial charge < -0.3 is 14.6 Å². The second kappa shape index (κ2) is 5.69. The number of hydrogen-bond donors (Lipinski definition) is 1. The van der Waals surface area contributed by atoms with Gasteiger partial charge in [0, 0.05) is 12.7 Å². The van der Waals surface area contributed by atoms with E-state index >= 15 is 0 Å². The Bertz CT molecular complexity index is 570. The van der Waals surface area contributed by atoms with E-state index in [1.54, 1.807) is 6.07 Å². The first-order chi connectivity index (χ1) is 9.66. The Morgan fingerprint density at radius 3 is 3.00 bits per heavy atom. The highest BCUT2D eigenvalue weighted by Crippen LogP contribution is 2.29. The summed E-state index contributed by atoms with van der Waals surface area (Å²) in [5.74, 6) is -0.0258. The van der Waals surface area contributed by atoms with Gasteiger partial charge in [-0.1, -0.05) is 12.8 Å². The summed E-state index contributed by atoms with van der Waals surface area (Å²) in [5, 5.41) is 0. The number of halogens is 1. The zero-order valence-electron chi connectivity index (χ0n) is 11.1. The third-order valence-electron chi connectivity index (χ3n) is 4.10. The number of nitrogens with zero attached hydrogens (tertiary/aromatic N) is 1. The van der Waals surface area contributed by atoms with E-state index in [0.717, 1.165) is 19.3 Å². The van der Waals surface area contributed by atoms with Gasteiger partial charge in [-0.3, -0.25) is 9.59 Å². The molecule has 2 fully saturated rings. The van der Waals surface area contributed by atoms with E-state index in [4.69, 9.17) is 4.74 Å². The van der Waals surface area contributed by atoms with Gasteiger partial charge in [-0.25, -0.2) is 0 Å². The summed E-state index contributed by atoms with van der Waals surface area (Å²) in [6.45, 7) is 1.22. The number of amides is 1. The number of aromatic amines is 1. The molecule has 1 N–H and O–H groups in total. The van der Waals surface area contributed by atoms with Crippen molar-refractivity contribution in [1.29, 1.82) is 0 Å². The SMILES string of the molecule is O=C(c1c[nH]c(=O)c(Br)c1)N1CCOC2CCCCC21. The van der Waals surface area contributed by atoms with Crippen LogP contribution in [0.4, 0.5) is 0 Å². The van der Waals surface area contributed by atoms with Crippen molar-refractivity contribution in [1.82, 2.24) is 9.88 Å². The lowest BCUT2D eigenvalue weighted by atomic mass is 9.90. The van der Waals surface area contributed by atoms with Crippen molar-refractivity contribution < 1.29 is 9.53 Å². The molecular weight excluding hydrogens is 324 g/mol. The van der Waals surface area contributed by atoms with Gasteiger partial charge in [-0.2, -0.15) is 0 Å². The minimum Gasteiger partial charge on any atom is -0.374 e. The lowest BCUT2D eigenvalue weighted by molar-refractivity contribution is -0.0752. The predicted octanol–water partition coefficient (Wildman–Crippen LogP) is 1.92. The normalized spacial score (nSPS) is 26.1. The van der Waals surface area contributed by atoms with Crippen molar-refractivity contribution in [3.63, 3.8) is 0 Å². The van der Waals surface area contributed by atoms with Crippen molar-refractivity contribution in [2.45, 2.75) is 37.8 Å². The Labute approximate surface area is 125 Å². The van der Waals surface area contributed by atoms with Crippen LogP contribution >= 0.6 is 15.9 Å². The fourth-order valence-electron chi connectivity index (χ4n) is 3.09. The topological polar surface area (TPSA) is 62.4 Å². The molecule has 5 nitrogen and oxygen atoms in total. The molecule has 2 aliphatic rings. The predicted molar refractivity (Wildman–Crippen MR) is 77.8 cm³/mol. The molecule has 1 amide bonds. The number of carbonyl (C=O) groups is 1. The van der Waals surface area contributed by atoms with Gasteiger partial charge in [0.1, 0.15) is 0 Å². The van der Waals surface area contributed by atoms with Crippen LogP contribution in [0.2, 0.25) is 0 Å². The number of nitrogens with one attached hydrogen (secondary N) is 1.